The minimum absolute atomic E-state index is 0.0185. The van der Waals surface area contributed by atoms with Crippen molar-refractivity contribution in [2.45, 2.75) is 33.1 Å². The second-order valence-corrected chi connectivity index (χ2v) is 4.90. The van der Waals surface area contributed by atoms with Gasteiger partial charge in [0.1, 0.15) is 0 Å². The average molecular weight is 272 g/mol. The third-order valence-corrected chi connectivity index (χ3v) is 2.96. The Kier molecular flexibility index (Phi) is 10.1. The molecule has 19 heavy (non-hydrogen) atoms. The lowest BCUT2D eigenvalue weighted by Crippen LogP contribution is -2.35. The number of carbonyl (C=O) groups is 2. The Labute approximate surface area is 115 Å². The molecule has 6 nitrogen and oxygen atoms in total. The summed E-state index contributed by atoms with van der Waals surface area (Å²) in [5.74, 6) is -0.383. The number of hydrogen-bond donors (Lipinski definition) is 4. The Hall–Kier alpha value is -1.14. The first-order valence-electron chi connectivity index (χ1n) is 6.98. The van der Waals surface area contributed by atoms with Crippen molar-refractivity contribution in [2.24, 2.45) is 23.3 Å². The van der Waals surface area contributed by atoms with Crippen LogP contribution in [0.2, 0.25) is 0 Å². The zero-order valence-corrected chi connectivity index (χ0v) is 12.1. The highest BCUT2D eigenvalue weighted by atomic mass is 16.2. The van der Waals surface area contributed by atoms with E-state index in [4.69, 9.17) is 11.5 Å². The molecule has 0 saturated carbocycles. The van der Waals surface area contributed by atoms with Crippen LogP contribution in [0.5, 0.6) is 0 Å². The second kappa shape index (κ2) is 10.8. The van der Waals surface area contributed by atoms with Gasteiger partial charge in [0.25, 0.3) is 0 Å². The quantitative estimate of drug-likeness (QED) is 0.405. The van der Waals surface area contributed by atoms with E-state index in [1.807, 2.05) is 13.8 Å². The number of amides is 2. The highest BCUT2D eigenvalue weighted by Crippen LogP contribution is 2.12. The molecule has 0 spiro atoms. The van der Waals surface area contributed by atoms with E-state index < -0.39 is 0 Å². The Morgan fingerprint density at radius 1 is 0.895 bits per heavy atom. The van der Waals surface area contributed by atoms with Crippen molar-refractivity contribution in [1.82, 2.24) is 10.6 Å². The van der Waals surface area contributed by atoms with Crippen LogP contribution in [0.3, 0.4) is 0 Å². The van der Waals surface area contributed by atoms with Crippen molar-refractivity contribution in [2.75, 3.05) is 26.2 Å². The second-order valence-electron chi connectivity index (χ2n) is 4.90. The molecule has 0 aromatic carbocycles. The van der Waals surface area contributed by atoms with E-state index in [0.717, 1.165) is 12.8 Å². The number of carbonyl (C=O) groups excluding carboxylic acids is 2. The summed E-state index contributed by atoms with van der Waals surface area (Å²) in [5.41, 5.74) is 10.7. The van der Waals surface area contributed by atoms with Crippen LogP contribution in [-0.2, 0) is 9.59 Å². The first-order chi connectivity index (χ1) is 9.02. The minimum Gasteiger partial charge on any atom is -0.356 e. The maximum Gasteiger partial charge on any atom is 0.222 e. The summed E-state index contributed by atoms with van der Waals surface area (Å²) in [6.45, 7) is 5.99. The van der Waals surface area contributed by atoms with E-state index >= 15 is 0 Å². The van der Waals surface area contributed by atoms with E-state index in [2.05, 4.69) is 10.6 Å². The zero-order chi connectivity index (χ0) is 14.7. The van der Waals surface area contributed by atoms with E-state index in [9.17, 15) is 9.59 Å². The molecule has 0 aliphatic rings. The van der Waals surface area contributed by atoms with Gasteiger partial charge in [0.15, 0.2) is 0 Å². The van der Waals surface area contributed by atoms with Gasteiger partial charge in [-0.15, -0.1) is 0 Å². The Morgan fingerprint density at radius 3 is 1.58 bits per heavy atom. The monoisotopic (exact) mass is 272 g/mol. The molecule has 6 N–H and O–H groups in total. The average Bonchev–Trinajstić information content (AvgIpc) is 2.38. The molecule has 0 saturated heterocycles. The molecule has 2 amide bonds. The summed E-state index contributed by atoms with van der Waals surface area (Å²) >= 11 is 0. The molecular formula is C13H28N4O2. The van der Waals surface area contributed by atoms with Crippen LogP contribution in [0.25, 0.3) is 0 Å². The van der Waals surface area contributed by atoms with Crippen molar-refractivity contribution < 1.29 is 9.59 Å². The number of nitrogens with one attached hydrogen (secondary N) is 2. The van der Waals surface area contributed by atoms with E-state index in [0.29, 0.717) is 32.6 Å². The summed E-state index contributed by atoms with van der Waals surface area (Å²) in [7, 11) is 0. The predicted octanol–water partition coefficient (Wildman–Crippen LogP) is -0.421. The normalized spacial score (nSPS) is 13.7. The maximum atomic E-state index is 11.7. The van der Waals surface area contributed by atoms with Gasteiger partial charge >= 0.3 is 0 Å². The molecule has 0 rings (SSSR count). The van der Waals surface area contributed by atoms with Crippen LogP contribution in [0.1, 0.15) is 33.1 Å². The van der Waals surface area contributed by atoms with Gasteiger partial charge < -0.3 is 22.1 Å². The van der Waals surface area contributed by atoms with E-state index in [1.54, 1.807) is 0 Å². The van der Waals surface area contributed by atoms with Crippen LogP contribution >= 0.6 is 0 Å². The molecule has 0 bridgehead atoms. The fraction of sp³-hybridized carbons (Fsp3) is 0.846. The SMILES string of the molecule is CC(CC(C)C(=O)NCCCN)C(=O)NCCCN. The lowest BCUT2D eigenvalue weighted by atomic mass is 9.96. The third-order valence-electron chi connectivity index (χ3n) is 2.96. The first kappa shape index (κ1) is 17.9. The first-order valence-corrected chi connectivity index (χ1v) is 6.98. The molecule has 0 fully saturated rings. The summed E-state index contributed by atoms with van der Waals surface area (Å²) in [6.07, 6.45) is 2.09. The fourth-order valence-electron chi connectivity index (χ4n) is 1.72. The van der Waals surface area contributed by atoms with Gasteiger partial charge in [0, 0.05) is 24.9 Å². The summed E-state index contributed by atoms with van der Waals surface area (Å²) < 4.78 is 0. The maximum absolute atomic E-state index is 11.7. The van der Waals surface area contributed by atoms with Crippen LogP contribution in [-0.4, -0.2) is 38.0 Å². The van der Waals surface area contributed by atoms with Gasteiger partial charge in [0.2, 0.25) is 11.8 Å². The Morgan fingerprint density at radius 2 is 1.26 bits per heavy atom. The van der Waals surface area contributed by atoms with Crippen LogP contribution in [0.15, 0.2) is 0 Å². The minimum atomic E-state index is -0.173. The molecule has 0 aromatic heterocycles. The van der Waals surface area contributed by atoms with Crippen LogP contribution < -0.4 is 22.1 Å². The molecule has 0 radical (unpaired) electrons. The zero-order valence-electron chi connectivity index (χ0n) is 12.1. The molecule has 6 heteroatoms. The Balaban J connectivity index is 3.92. The van der Waals surface area contributed by atoms with Crippen molar-refractivity contribution in [3.8, 4) is 0 Å². The van der Waals surface area contributed by atoms with E-state index in [1.165, 1.54) is 0 Å². The Bertz CT molecular complexity index is 245. The van der Waals surface area contributed by atoms with Crippen LogP contribution in [0.4, 0.5) is 0 Å². The summed E-state index contributed by atoms with van der Waals surface area (Å²) in [6, 6.07) is 0. The van der Waals surface area contributed by atoms with Crippen molar-refractivity contribution >= 4 is 11.8 Å². The van der Waals surface area contributed by atoms with E-state index in [-0.39, 0.29) is 23.7 Å². The van der Waals surface area contributed by atoms with Crippen molar-refractivity contribution in [1.29, 1.82) is 0 Å². The van der Waals surface area contributed by atoms with Crippen molar-refractivity contribution in [3.05, 3.63) is 0 Å². The van der Waals surface area contributed by atoms with Gasteiger partial charge in [-0.05, 0) is 32.4 Å². The molecule has 2 unspecified atom stereocenters. The third kappa shape index (κ3) is 8.56. The lowest BCUT2D eigenvalue weighted by molar-refractivity contribution is -0.127. The molecule has 0 aliphatic carbocycles. The van der Waals surface area contributed by atoms with Gasteiger partial charge in [0.05, 0.1) is 0 Å². The number of hydrogen-bond acceptors (Lipinski definition) is 4. The van der Waals surface area contributed by atoms with Crippen LogP contribution in [0, 0.1) is 11.8 Å². The molecule has 0 aliphatic heterocycles. The molecule has 0 heterocycles. The highest BCUT2D eigenvalue weighted by molar-refractivity contribution is 5.81. The molecule has 2 atom stereocenters. The van der Waals surface area contributed by atoms with Gasteiger partial charge in [-0.25, -0.2) is 0 Å². The number of rotatable bonds is 10. The topological polar surface area (TPSA) is 110 Å². The van der Waals surface area contributed by atoms with Gasteiger partial charge in [-0.2, -0.15) is 0 Å². The smallest absolute Gasteiger partial charge is 0.222 e. The van der Waals surface area contributed by atoms with Gasteiger partial charge in [-0.1, -0.05) is 13.8 Å². The summed E-state index contributed by atoms with van der Waals surface area (Å²) in [4.78, 5) is 23.5. The van der Waals surface area contributed by atoms with Gasteiger partial charge in [-0.3, -0.25) is 9.59 Å². The van der Waals surface area contributed by atoms with Crippen molar-refractivity contribution in [3.63, 3.8) is 0 Å². The largest absolute Gasteiger partial charge is 0.356 e. The molecular weight excluding hydrogens is 244 g/mol. The standard InChI is InChI=1S/C13H28N4O2/c1-10(12(18)16-7-3-5-14)9-11(2)13(19)17-8-4-6-15/h10-11H,3-9,14-15H2,1-2H3,(H,16,18)(H,17,19). The predicted molar refractivity (Wildman–Crippen MR) is 76.3 cm³/mol. The molecule has 0 aromatic rings. The summed E-state index contributed by atoms with van der Waals surface area (Å²) in [5, 5.41) is 5.63. The highest BCUT2D eigenvalue weighted by Gasteiger charge is 2.20. The lowest BCUT2D eigenvalue weighted by Gasteiger charge is -2.17. The fourth-order valence-corrected chi connectivity index (χ4v) is 1.72. The molecule has 112 valence electrons. The number of nitrogens with two attached hydrogens (primary N) is 2.